The van der Waals surface area contributed by atoms with Crippen LogP contribution in [0.4, 0.5) is 0 Å². The first kappa shape index (κ1) is 19.5. The molecule has 2 fully saturated rings. The smallest absolute Gasteiger partial charge is 0.345 e. The Morgan fingerprint density at radius 1 is 1.10 bits per heavy atom. The van der Waals surface area contributed by atoms with Crippen LogP contribution in [0, 0.1) is 0 Å². The van der Waals surface area contributed by atoms with Gasteiger partial charge in [0, 0.05) is 32.1 Å². The fourth-order valence-electron chi connectivity index (χ4n) is 4.12. The lowest BCUT2D eigenvalue weighted by Crippen LogP contribution is -2.39. The van der Waals surface area contributed by atoms with Gasteiger partial charge in [0.25, 0.3) is 0 Å². The third-order valence-electron chi connectivity index (χ3n) is 5.91. The maximum Gasteiger partial charge on any atom is 0.345 e. The summed E-state index contributed by atoms with van der Waals surface area (Å²) in [4.78, 5) is 27.1. The average Bonchev–Trinajstić information content (AvgIpc) is 3.53. The number of carbonyl (C=O) groups excluding carboxylic acids is 1. The standard InChI is InChI=1S/C21H28N4O4/c1-23-21(27)25(16-5-6-16)20(22-23)15-8-10-24(11-9-15)19(26)13-14-4-7-17(28-2)18(12-14)29-3/h4,7,12,15-16H,5-6,8-11,13H2,1-3H3. The van der Waals surface area contributed by atoms with Crippen molar-refractivity contribution in [1.29, 1.82) is 0 Å². The topological polar surface area (TPSA) is 78.6 Å². The number of hydrogen-bond donors (Lipinski definition) is 0. The third-order valence-corrected chi connectivity index (χ3v) is 5.91. The van der Waals surface area contributed by atoms with Gasteiger partial charge in [0.1, 0.15) is 5.82 Å². The zero-order chi connectivity index (χ0) is 20.5. The van der Waals surface area contributed by atoms with Crippen molar-refractivity contribution in [2.45, 2.75) is 44.1 Å². The fourth-order valence-corrected chi connectivity index (χ4v) is 4.12. The van der Waals surface area contributed by atoms with Crippen LogP contribution in [0.3, 0.4) is 0 Å². The summed E-state index contributed by atoms with van der Waals surface area (Å²) < 4.78 is 13.9. The van der Waals surface area contributed by atoms with E-state index in [1.54, 1.807) is 21.3 Å². The molecule has 0 N–H and O–H groups in total. The molecule has 1 amide bonds. The lowest BCUT2D eigenvalue weighted by Gasteiger charge is -2.31. The van der Waals surface area contributed by atoms with E-state index < -0.39 is 0 Å². The van der Waals surface area contributed by atoms with E-state index in [1.807, 2.05) is 27.7 Å². The highest BCUT2D eigenvalue weighted by Gasteiger charge is 2.34. The Morgan fingerprint density at radius 3 is 2.41 bits per heavy atom. The summed E-state index contributed by atoms with van der Waals surface area (Å²) in [7, 11) is 4.90. The molecule has 1 aromatic heterocycles. The number of ether oxygens (including phenoxy) is 2. The summed E-state index contributed by atoms with van der Waals surface area (Å²) in [6.45, 7) is 1.37. The number of rotatable bonds is 6. The van der Waals surface area contributed by atoms with Crippen molar-refractivity contribution >= 4 is 5.91 Å². The quantitative estimate of drug-likeness (QED) is 0.740. The normalized spacial score (nSPS) is 17.4. The van der Waals surface area contributed by atoms with Crippen LogP contribution >= 0.6 is 0 Å². The van der Waals surface area contributed by atoms with Gasteiger partial charge in [-0.25, -0.2) is 9.48 Å². The van der Waals surface area contributed by atoms with Gasteiger partial charge in [-0.05, 0) is 43.4 Å². The predicted molar refractivity (Wildman–Crippen MR) is 108 cm³/mol. The van der Waals surface area contributed by atoms with Gasteiger partial charge in [-0.1, -0.05) is 6.07 Å². The Labute approximate surface area is 170 Å². The molecule has 1 aliphatic heterocycles. The maximum absolute atomic E-state index is 12.8. The molecule has 2 aromatic rings. The number of benzene rings is 1. The predicted octanol–water partition coefficient (Wildman–Crippen LogP) is 1.88. The van der Waals surface area contributed by atoms with Crippen molar-refractivity contribution in [3.63, 3.8) is 0 Å². The van der Waals surface area contributed by atoms with Gasteiger partial charge in [0.05, 0.1) is 20.6 Å². The monoisotopic (exact) mass is 400 g/mol. The van der Waals surface area contributed by atoms with Gasteiger partial charge in [-0.2, -0.15) is 5.10 Å². The maximum atomic E-state index is 12.8. The molecule has 0 bridgehead atoms. The van der Waals surface area contributed by atoms with E-state index in [-0.39, 0.29) is 17.5 Å². The van der Waals surface area contributed by atoms with Gasteiger partial charge in [-0.3, -0.25) is 9.36 Å². The van der Waals surface area contributed by atoms with E-state index in [1.165, 1.54) is 4.68 Å². The zero-order valence-corrected chi connectivity index (χ0v) is 17.3. The van der Waals surface area contributed by atoms with E-state index in [2.05, 4.69) is 5.10 Å². The molecule has 2 heterocycles. The second kappa shape index (κ2) is 7.93. The van der Waals surface area contributed by atoms with Crippen LogP contribution in [0.2, 0.25) is 0 Å². The van der Waals surface area contributed by atoms with Crippen LogP contribution in [-0.4, -0.2) is 52.5 Å². The molecular weight excluding hydrogens is 372 g/mol. The van der Waals surface area contributed by atoms with Crippen molar-refractivity contribution in [1.82, 2.24) is 19.2 Å². The minimum absolute atomic E-state index is 0.0190. The summed E-state index contributed by atoms with van der Waals surface area (Å²) in [6.07, 6.45) is 4.12. The van der Waals surface area contributed by atoms with E-state index in [9.17, 15) is 9.59 Å². The van der Waals surface area contributed by atoms with Crippen LogP contribution in [0.25, 0.3) is 0 Å². The largest absolute Gasteiger partial charge is 0.493 e. The Balaban J connectivity index is 1.39. The van der Waals surface area contributed by atoms with Crippen molar-refractivity contribution in [2.75, 3.05) is 27.3 Å². The number of nitrogens with zero attached hydrogens (tertiary/aromatic N) is 4. The minimum Gasteiger partial charge on any atom is -0.493 e. The highest BCUT2D eigenvalue weighted by molar-refractivity contribution is 5.79. The number of likely N-dealkylation sites (tertiary alicyclic amines) is 1. The van der Waals surface area contributed by atoms with Crippen molar-refractivity contribution < 1.29 is 14.3 Å². The Morgan fingerprint density at radius 2 is 1.79 bits per heavy atom. The Bertz CT molecular complexity index is 952. The molecule has 8 nitrogen and oxygen atoms in total. The molecule has 0 radical (unpaired) electrons. The molecule has 156 valence electrons. The molecule has 29 heavy (non-hydrogen) atoms. The number of carbonyl (C=O) groups is 1. The summed E-state index contributed by atoms with van der Waals surface area (Å²) in [5.74, 6) is 2.52. The molecule has 8 heteroatoms. The second-order valence-electron chi connectivity index (χ2n) is 7.89. The first-order valence-corrected chi connectivity index (χ1v) is 10.2. The van der Waals surface area contributed by atoms with Gasteiger partial charge in [0.2, 0.25) is 5.91 Å². The lowest BCUT2D eigenvalue weighted by molar-refractivity contribution is -0.131. The Kier molecular flexibility index (Phi) is 5.34. The minimum atomic E-state index is -0.0190. The molecule has 1 saturated heterocycles. The SMILES string of the molecule is COc1ccc(CC(=O)N2CCC(c3nn(C)c(=O)n3C3CC3)CC2)cc1OC. The zero-order valence-electron chi connectivity index (χ0n) is 17.3. The number of aryl methyl sites for hydroxylation is 1. The fraction of sp³-hybridized carbons (Fsp3) is 0.571. The van der Waals surface area contributed by atoms with Crippen molar-refractivity contribution in [3.8, 4) is 11.5 Å². The molecule has 4 rings (SSSR count). The number of amides is 1. The second-order valence-corrected chi connectivity index (χ2v) is 7.89. The molecule has 0 spiro atoms. The van der Waals surface area contributed by atoms with Gasteiger partial charge in [-0.15, -0.1) is 0 Å². The lowest BCUT2D eigenvalue weighted by atomic mass is 9.95. The third kappa shape index (κ3) is 3.88. The van der Waals surface area contributed by atoms with E-state index in [0.717, 1.165) is 37.1 Å². The number of hydrogen-bond acceptors (Lipinski definition) is 5. The number of aromatic nitrogens is 3. The number of methoxy groups -OCH3 is 2. The van der Waals surface area contributed by atoms with Crippen molar-refractivity contribution in [2.24, 2.45) is 7.05 Å². The first-order chi connectivity index (χ1) is 14.0. The van der Waals surface area contributed by atoms with Crippen LogP contribution in [-0.2, 0) is 18.3 Å². The molecule has 0 atom stereocenters. The van der Waals surface area contributed by atoms with Crippen LogP contribution in [0.5, 0.6) is 11.5 Å². The van der Waals surface area contributed by atoms with Crippen LogP contribution in [0.1, 0.15) is 49.0 Å². The van der Waals surface area contributed by atoms with Crippen molar-refractivity contribution in [3.05, 3.63) is 40.1 Å². The summed E-state index contributed by atoms with van der Waals surface area (Å²) >= 11 is 0. The highest BCUT2D eigenvalue weighted by Crippen LogP contribution is 2.37. The summed E-state index contributed by atoms with van der Waals surface area (Å²) in [5, 5.41) is 4.51. The van der Waals surface area contributed by atoms with Crippen LogP contribution < -0.4 is 15.2 Å². The highest BCUT2D eigenvalue weighted by atomic mass is 16.5. The molecule has 1 aliphatic carbocycles. The summed E-state index contributed by atoms with van der Waals surface area (Å²) in [6, 6.07) is 5.89. The van der Waals surface area contributed by atoms with E-state index >= 15 is 0 Å². The molecule has 2 aliphatic rings. The Hall–Kier alpha value is -2.77. The number of piperidine rings is 1. The molecular formula is C21H28N4O4. The van der Waals surface area contributed by atoms with Gasteiger partial charge in [0.15, 0.2) is 11.5 Å². The molecule has 0 unspecified atom stereocenters. The van der Waals surface area contributed by atoms with Crippen LogP contribution in [0.15, 0.2) is 23.0 Å². The van der Waals surface area contributed by atoms with Gasteiger partial charge < -0.3 is 14.4 Å². The van der Waals surface area contributed by atoms with Gasteiger partial charge >= 0.3 is 5.69 Å². The average molecular weight is 400 g/mol. The molecule has 1 saturated carbocycles. The summed E-state index contributed by atoms with van der Waals surface area (Å²) in [5.41, 5.74) is 0.886. The van der Waals surface area contributed by atoms with E-state index in [4.69, 9.17) is 9.47 Å². The molecule has 1 aromatic carbocycles. The first-order valence-electron chi connectivity index (χ1n) is 10.2. The van der Waals surface area contributed by atoms with E-state index in [0.29, 0.717) is 37.1 Å².